The number of aromatic nitrogens is 2. The summed E-state index contributed by atoms with van der Waals surface area (Å²) in [4.78, 5) is 11.5. The number of nitrogens with one attached hydrogen (secondary N) is 1. The van der Waals surface area contributed by atoms with Crippen LogP contribution >= 0.6 is 0 Å². The van der Waals surface area contributed by atoms with Crippen molar-refractivity contribution in [3.8, 4) is 0 Å². The van der Waals surface area contributed by atoms with E-state index in [1.54, 1.807) is 0 Å². The Morgan fingerprint density at radius 2 is 2.10 bits per heavy atom. The summed E-state index contributed by atoms with van der Waals surface area (Å²) in [5.41, 5.74) is 0.456. The van der Waals surface area contributed by atoms with Gasteiger partial charge in [0, 0.05) is 31.6 Å². The van der Waals surface area contributed by atoms with Crippen LogP contribution in [-0.2, 0) is 6.42 Å². The van der Waals surface area contributed by atoms with E-state index in [2.05, 4.69) is 36.0 Å². The van der Waals surface area contributed by atoms with E-state index >= 15 is 0 Å². The van der Waals surface area contributed by atoms with Gasteiger partial charge in [-0.1, -0.05) is 13.8 Å². The van der Waals surface area contributed by atoms with Crippen molar-refractivity contribution in [2.45, 2.75) is 59.0 Å². The topological polar surface area (TPSA) is 61.3 Å². The molecule has 2 rings (SSSR count). The third-order valence-electron chi connectivity index (χ3n) is 4.00. The van der Waals surface area contributed by atoms with E-state index in [1.807, 2.05) is 6.92 Å². The molecule has 1 aromatic heterocycles. The molecule has 0 aromatic carbocycles. The molecule has 1 unspecified atom stereocenters. The van der Waals surface area contributed by atoms with Crippen molar-refractivity contribution in [1.29, 1.82) is 0 Å². The van der Waals surface area contributed by atoms with Gasteiger partial charge in [0.2, 0.25) is 0 Å². The van der Waals surface area contributed by atoms with Crippen LogP contribution in [0.4, 0.5) is 11.6 Å². The summed E-state index contributed by atoms with van der Waals surface area (Å²) in [7, 11) is 0. The van der Waals surface area contributed by atoms with E-state index in [1.165, 1.54) is 0 Å². The average molecular weight is 292 g/mol. The maximum Gasteiger partial charge on any atom is 0.137 e. The monoisotopic (exact) mass is 292 g/mol. The molecule has 2 N–H and O–H groups in total. The fraction of sp³-hybridized carbons (Fsp3) is 0.750. The van der Waals surface area contributed by atoms with Gasteiger partial charge in [0.05, 0.1) is 5.60 Å². The maximum atomic E-state index is 10.3. The number of β-amino-alcohol motifs (C(OH)–C–C–N with tert-alkyl or cyclic N) is 1. The molecule has 0 saturated carbocycles. The summed E-state index contributed by atoms with van der Waals surface area (Å²) in [6.45, 7) is 10.7. The summed E-state index contributed by atoms with van der Waals surface area (Å²) < 4.78 is 0. The minimum absolute atomic E-state index is 0.626. The first-order valence-corrected chi connectivity index (χ1v) is 8.05. The van der Waals surface area contributed by atoms with Crippen molar-refractivity contribution >= 4 is 11.6 Å². The maximum absolute atomic E-state index is 10.3. The third kappa shape index (κ3) is 3.84. The first-order chi connectivity index (χ1) is 9.96. The predicted octanol–water partition coefficient (Wildman–Crippen LogP) is 2.52. The minimum Gasteiger partial charge on any atom is -0.388 e. The molecule has 5 heteroatoms. The second-order valence-electron chi connectivity index (χ2n) is 6.24. The van der Waals surface area contributed by atoms with E-state index in [-0.39, 0.29) is 0 Å². The fourth-order valence-electron chi connectivity index (χ4n) is 2.83. The van der Waals surface area contributed by atoms with Crippen molar-refractivity contribution in [2.24, 2.45) is 0 Å². The van der Waals surface area contributed by atoms with Crippen LogP contribution in [0.3, 0.4) is 0 Å². The fourth-order valence-corrected chi connectivity index (χ4v) is 2.83. The van der Waals surface area contributed by atoms with Crippen molar-refractivity contribution < 1.29 is 5.11 Å². The van der Waals surface area contributed by atoms with Crippen LogP contribution in [0.5, 0.6) is 0 Å². The summed E-state index contributed by atoms with van der Waals surface area (Å²) in [5, 5.41) is 13.7. The van der Waals surface area contributed by atoms with Crippen molar-refractivity contribution in [3.05, 3.63) is 11.4 Å². The number of anilines is 2. The van der Waals surface area contributed by atoms with Crippen molar-refractivity contribution in [1.82, 2.24) is 9.97 Å². The van der Waals surface area contributed by atoms with Gasteiger partial charge in [0.1, 0.15) is 17.5 Å². The Kier molecular flexibility index (Phi) is 5.04. The molecule has 1 fully saturated rings. The van der Waals surface area contributed by atoms with Crippen LogP contribution in [0.2, 0.25) is 0 Å². The van der Waals surface area contributed by atoms with Gasteiger partial charge in [-0.15, -0.1) is 0 Å². The number of aliphatic hydroxyl groups is 1. The number of aryl methyl sites for hydroxylation is 1. The van der Waals surface area contributed by atoms with Gasteiger partial charge in [0.25, 0.3) is 0 Å². The largest absolute Gasteiger partial charge is 0.388 e. The molecule has 1 saturated heterocycles. The Labute approximate surface area is 127 Å². The lowest BCUT2D eigenvalue weighted by Crippen LogP contribution is -2.46. The number of piperidine rings is 1. The second-order valence-corrected chi connectivity index (χ2v) is 6.24. The van der Waals surface area contributed by atoms with E-state index in [0.29, 0.717) is 6.54 Å². The molecular formula is C16H28N4O. The van der Waals surface area contributed by atoms with Gasteiger partial charge in [-0.25, -0.2) is 9.97 Å². The number of hydrogen-bond acceptors (Lipinski definition) is 5. The van der Waals surface area contributed by atoms with Gasteiger partial charge in [-0.3, -0.25) is 0 Å². The zero-order valence-corrected chi connectivity index (χ0v) is 13.7. The molecule has 0 bridgehead atoms. The quantitative estimate of drug-likeness (QED) is 0.873. The summed E-state index contributed by atoms with van der Waals surface area (Å²) in [5.74, 6) is 2.77. The first kappa shape index (κ1) is 16.0. The lowest BCUT2D eigenvalue weighted by Gasteiger charge is -2.38. The van der Waals surface area contributed by atoms with Gasteiger partial charge in [0.15, 0.2) is 0 Å². The third-order valence-corrected chi connectivity index (χ3v) is 4.00. The SMILES string of the molecule is CCCNc1nc(CC)nc(N2CCCC(C)(O)C2)c1C. The second kappa shape index (κ2) is 6.60. The van der Waals surface area contributed by atoms with Gasteiger partial charge in [-0.05, 0) is 33.1 Å². The molecule has 1 aliphatic rings. The van der Waals surface area contributed by atoms with Crippen LogP contribution in [-0.4, -0.2) is 40.3 Å². The van der Waals surface area contributed by atoms with Crippen LogP contribution in [0.25, 0.3) is 0 Å². The highest BCUT2D eigenvalue weighted by atomic mass is 16.3. The highest BCUT2D eigenvalue weighted by molar-refractivity contribution is 5.59. The van der Waals surface area contributed by atoms with Gasteiger partial charge < -0.3 is 15.3 Å². The Bertz CT molecular complexity index is 487. The van der Waals surface area contributed by atoms with E-state index in [0.717, 1.165) is 61.8 Å². The molecule has 1 aromatic rings. The molecular weight excluding hydrogens is 264 g/mol. The molecule has 0 radical (unpaired) electrons. The normalized spacial score (nSPS) is 22.4. The highest BCUT2D eigenvalue weighted by Gasteiger charge is 2.30. The Balaban J connectivity index is 2.32. The molecule has 2 heterocycles. The number of hydrogen-bond donors (Lipinski definition) is 2. The highest BCUT2D eigenvalue weighted by Crippen LogP contribution is 2.29. The molecule has 1 atom stereocenters. The first-order valence-electron chi connectivity index (χ1n) is 8.05. The van der Waals surface area contributed by atoms with Crippen molar-refractivity contribution in [2.75, 3.05) is 29.9 Å². The van der Waals surface area contributed by atoms with E-state index < -0.39 is 5.60 Å². The Morgan fingerprint density at radius 3 is 2.71 bits per heavy atom. The summed E-state index contributed by atoms with van der Waals surface area (Å²) in [6.07, 6.45) is 3.74. The number of nitrogens with zero attached hydrogens (tertiary/aromatic N) is 3. The predicted molar refractivity (Wildman–Crippen MR) is 87.0 cm³/mol. The van der Waals surface area contributed by atoms with E-state index in [4.69, 9.17) is 4.98 Å². The molecule has 1 aliphatic heterocycles. The Hall–Kier alpha value is -1.36. The minimum atomic E-state index is -0.626. The van der Waals surface area contributed by atoms with Crippen molar-refractivity contribution in [3.63, 3.8) is 0 Å². The molecule has 118 valence electrons. The zero-order chi connectivity index (χ0) is 15.5. The molecule has 0 spiro atoms. The molecule has 0 aliphatic carbocycles. The average Bonchev–Trinajstić information content (AvgIpc) is 2.45. The van der Waals surface area contributed by atoms with E-state index in [9.17, 15) is 5.11 Å². The van der Waals surface area contributed by atoms with Crippen LogP contribution in [0.1, 0.15) is 51.4 Å². The lowest BCUT2D eigenvalue weighted by molar-refractivity contribution is 0.0446. The summed E-state index contributed by atoms with van der Waals surface area (Å²) in [6, 6.07) is 0. The van der Waals surface area contributed by atoms with Crippen LogP contribution in [0.15, 0.2) is 0 Å². The number of rotatable bonds is 5. The smallest absolute Gasteiger partial charge is 0.137 e. The molecule has 0 amide bonds. The van der Waals surface area contributed by atoms with Crippen LogP contribution < -0.4 is 10.2 Å². The van der Waals surface area contributed by atoms with Crippen LogP contribution in [0, 0.1) is 6.92 Å². The lowest BCUT2D eigenvalue weighted by atomic mass is 9.95. The summed E-state index contributed by atoms with van der Waals surface area (Å²) >= 11 is 0. The molecule has 21 heavy (non-hydrogen) atoms. The zero-order valence-electron chi connectivity index (χ0n) is 13.7. The van der Waals surface area contributed by atoms with Gasteiger partial charge >= 0.3 is 0 Å². The molecule has 5 nitrogen and oxygen atoms in total. The standard InChI is InChI=1S/C16H28N4O/c1-5-9-17-14-12(3)15(19-13(6-2)18-14)20-10-7-8-16(4,21)11-20/h21H,5-11H2,1-4H3,(H,17,18,19). The van der Waals surface area contributed by atoms with Gasteiger partial charge in [-0.2, -0.15) is 0 Å². The Morgan fingerprint density at radius 1 is 1.33 bits per heavy atom.